The third-order valence-corrected chi connectivity index (χ3v) is 12.2. The summed E-state index contributed by atoms with van der Waals surface area (Å²) >= 11 is 0. The average Bonchev–Trinajstić information content (AvgIpc) is 3.25. The van der Waals surface area contributed by atoms with Crippen molar-refractivity contribution in [3.8, 4) is 0 Å². The molecule has 6 nitrogen and oxygen atoms in total. The van der Waals surface area contributed by atoms with Gasteiger partial charge in [-0.25, -0.2) is 0 Å². The summed E-state index contributed by atoms with van der Waals surface area (Å²) in [5, 5.41) is 23.1. The summed E-state index contributed by atoms with van der Waals surface area (Å²) in [5.74, 6) is -0.125. The molecule has 3 N–H and O–H groups in total. The van der Waals surface area contributed by atoms with Crippen LogP contribution in [-0.2, 0) is 14.3 Å². The van der Waals surface area contributed by atoms with Crippen molar-refractivity contribution in [2.45, 2.75) is 296 Å². The molecule has 0 radical (unpaired) electrons. The lowest BCUT2D eigenvalue weighted by Crippen LogP contribution is -2.45. The molecule has 2 unspecified atom stereocenters. The van der Waals surface area contributed by atoms with Crippen molar-refractivity contribution < 1.29 is 24.5 Å². The van der Waals surface area contributed by atoms with E-state index in [4.69, 9.17) is 4.74 Å². The Kier molecular flexibility index (Phi) is 48.6. The van der Waals surface area contributed by atoms with Crippen LogP contribution in [0.5, 0.6) is 0 Å². The van der Waals surface area contributed by atoms with Crippen LogP contribution >= 0.6 is 0 Å². The minimum Gasteiger partial charge on any atom is -0.466 e. The molecular formula is C54H103NO5. The first kappa shape index (κ1) is 58.3. The van der Waals surface area contributed by atoms with Crippen molar-refractivity contribution in [1.82, 2.24) is 5.32 Å². The summed E-state index contributed by atoms with van der Waals surface area (Å²) in [7, 11) is 0. The van der Waals surface area contributed by atoms with E-state index in [1.165, 1.54) is 199 Å². The molecule has 60 heavy (non-hydrogen) atoms. The minimum atomic E-state index is -0.862. The Morgan fingerprint density at radius 1 is 0.450 bits per heavy atom. The lowest BCUT2D eigenvalue weighted by Gasteiger charge is -2.20. The van der Waals surface area contributed by atoms with Crippen molar-refractivity contribution in [2.24, 2.45) is 0 Å². The number of allylic oxidation sites excluding steroid dienone is 3. The molecular weight excluding hydrogens is 743 g/mol. The highest BCUT2D eigenvalue weighted by molar-refractivity contribution is 5.76. The maximum atomic E-state index is 12.4. The molecule has 1 amide bonds. The molecule has 0 saturated heterocycles. The first-order valence-electron chi connectivity index (χ1n) is 26.6. The van der Waals surface area contributed by atoms with Gasteiger partial charge in [0.25, 0.3) is 0 Å². The van der Waals surface area contributed by atoms with E-state index in [-0.39, 0.29) is 18.5 Å². The number of aliphatic hydroxyl groups excluding tert-OH is 2. The number of ether oxygens (including phenoxy) is 1. The van der Waals surface area contributed by atoms with Gasteiger partial charge in [-0.15, -0.1) is 0 Å². The number of carbonyl (C=O) groups is 2. The third-order valence-electron chi connectivity index (χ3n) is 12.2. The molecule has 0 aromatic heterocycles. The maximum absolute atomic E-state index is 12.4. The van der Waals surface area contributed by atoms with Crippen LogP contribution in [0, 0.1) is 0 Å². The highest BCUT2D eigenvalue weighted by atomic mass is 16.5. The Balaban J connectivity index is 3.51. The maximum Gasteiger partial charge on any atom is 0.305 e. The summed E-state index contributed by atoms with van der Waals surface area (Å²) in [4.78, 5) is 24.5. The molecule has 0 rings (SSSR count). The lowest BCUT2D eigenvalue weighted by atomic mass is 10.0. The summed E-state index contributed by atoms with van der Waals surface area (Å²) < 4.78 is 5.46. The number of rotatable bonds is 49. The topological polar surface area (TPSA) is 95.9 Å². The zero-order valence-corrected chi connectivity index (χ0v) is 40.2. The van der Waals surface area contributed by atoms with Gasteiger partial charge in [0.15, 0.2) is 0 Å². The van der Waals surface area contributed by atoms with E-state index >= 15 is 0 Å². The van der Waals surface area contributed by atoms with E-state index in [1.807, 2.05) is 6.08 Å². The number of nitrogens with one attached hydrogen (secondary N) is 1. The van der Waals surface area contributed by atoms with Gasteiger partial charge in [-0.3, -0.25) is 9.59 Å². The predicted molar refractivity (Wildman–Crippen MR) is 260 cm³/mol. The summed E-state index contributed by atoms with van der Waals surface area (Å²) in [6.45, 7) is 4.84. The first-order valence-corrected chi connectivity index (χ1v) is 26.6. The van der Waals surface area contributed by atoms with Gasteiger partial charge in [0.1, 0.15) is 0 Å². The molecule has 0 aromatic carbocycles. The highest BCUT2D eigenvalue weighted by Crippen LogP contribution is 2.16. The van der Waals surface area contributed by atoms with Crippen LogP contribution in [0.15, 0.2) is 24.3 Å². The van der Waals surface area contributed by atoms with E-state index in [9.17, 15) is 19.8 Å². The summed E-state index contributed by atoms with van der Waals surface area (Å²) in [5.41, 5.74) is 0. The molecule has 0 bridgehead atoms. The second-order valence-corrected chi connectivity index (χ2v) is 18.2. The van der Waals surface area contributed by atoms with Crippen molar-refractivity contribution in [1.29, 1.82) is 0 Å². The molecule has 0 aliphatic carbocycles. The largest absolute Gasteiger partial charge is 0.466 e. The van der Waals surface area contributed by atoms with Crippen LogP contribution < -0.4 is 5.32 Å². The van der Waals surface area contributed by atoms with E-state index in [1.54, 1.807) is 6.08 Å². The number of aliphatic hydroxyl groups is 2. The highest BCUT2D eigenvalue weighted by Gasteiger charge is 2.18. The molecule has 0 aliphatic rings. The van der Waals surface area contributed by atoms with E-state index < -0.39 is 12.1 Å². The van der Waals surface area contributed by atoms with Crippen molar-refractivity contribution >= 4 is 11.9 Å². The first-order chi connectivity index (χ1) is 29.5. The fourth-order valence-corrected chi connectivity index (χ4v) is 8.10. The van der Waals surface area contributed by atoms with Crippen LogP contribution in [0.2, 0.25) is 0 Å². The molecule has 0 saturated carbocycles. The Labute approximate surface area is 373 Å². The molecule has 2 atom stereocenters. The number of unbranched alkanes of at least 4 members (excludes halogenated alkanes) is 36. The van der Waals surface area contributed by atoms with E-state index in [0.29, 0.717) is 19.4 Å². The zero-order valence-electron chi connectivity index (χ0n) is 40.2. The Morgan fingerprint density at radius 2 is 0.783 bits per heavy atom. The third kappa shape index (κ3) is 45.9. The molecule has 6 heteroatoms. The Hall–Kier alpha value is -1.66. The smallest absolute Gasteiger partial charge is 0.305 e. The van der Waals surface area contributed by atoms with Crippen LogP contribution in [0.25, 0.3) is 0 Å². The normalized spacial score (nSPS) is 12.8. The molecule has 0 aromatic rings. The quantitative estimate of drug-likeness (QED) is 0.0322. The predicted octanol–water partition coefficient (Wildman–Crippen LogP) is 15.9. The van der Waals surface area contributed by atoms with Crippen LogP contribution in [0.3, 0.4) is 0 Å². The Bertz CT molecular complexity index is 935. The van der Waals surface area contributed by atoms with Gasteiger partial charge in [0, 0.05) is 12.8 Å². The standard InChI is InChI=1S/C54H103NO5/c1-3-5-7-9-11-13-15-17-19-21-22-24-26-28-32-36-40-44-48-54(59)60-49-45-41-37-33-29-31-35-39-43-47-53(58)55-51(50-56)52(57)46-42-38-34-30-27-25-23-20-18-16-14-12-10-8-6-4-2/h19,21,42,46,51-52,56-57H,3-18,20,22-41,43-45,47-50H2,1-2H3,(H,55,58)/b21-19-,46-42+. The number of esters is 1. The van der Waals surface area contributed by atoms with Crippen molar-refractivity contribution in [2.75, 3.05) is 13.2 Å². The number of carbonyl (C=O) groups excluding carboxylic acids is 2. The molecule has 0 heterocycles. The number of hydrogen-bond donors (Lipinski definition) is 3. The van der Waals surface area contributed by atoms with Gasteiger partial charge in [0.2, 0.25) is 5.91 Å². The summed E-state index contributed by atoms with van der Waals surface area (Å²) in [6.07, 6.45) is 58.9. The van der Waals surface area contributed by atoms with Crippen LogP contribution in [0.1, 0.15) is 284 Å². The molecule has 0 fully saturated rings. The fourth-order valence-electron chi connectivity index (χ4n) is 8.10. The second-order valence-electron chi connectivity index (χ2n) is 18.2. The fraction of sp³-hybridized carbons (Fsp3) is 0.889. The average molecular weight is 846 g/mol. The number of hydrogen-bond acceptors (Lipinski definition) is 5. The van der Waals surface area contributed by atoms with Crippen molar-refractivity contribution in [3.63, 3.8) is 0 Å². The second kappa shape index (κ2) is 50.0. The number of amides is 1. The van der Waals surface area contributed by atoms with Gasteiger partial charge < -0.3 is 20.3 Å². The van der Waals surface area contributed by atoms with Crippen molar-refractivity contribution in [3.05, 3.63) is 24.3 Å². The SMILES string of the molecule is CCCCCCCCC/C=C\CCCCCCCCCC(=O)OCCCCCCCCCCCC(=O)NC(CO)C(O)/C=C/CCCCCCCCCCCCCCCC. The van der Waals surface area contributed by atoms with E-state index in [2.05, 4.69) is 31.3 Å². The molecule has 0 spiro atoms. The lowest BCUT2D eigenvalue weighted by molar-refractivity contribution is -0.143. The molecule has 0 aliphatic heterocycles. The van der Waals surface area contributed by atoms with Gasteiger partial charge in [0.05, 0.1) is 25.4 Å². The molecule has 354 valence electrons. The monoisotopic (exact) mass is 846 g/mol. The van der Waals surface area contributed by atoms with Crippen LogP contribution in [-0.4, -0.2) is 47.4 Å². The Morgan fingerprint density at radius 3 is 1.18 bits per heavy atom. The summed E-state index contributed by atoms with van der Waals surface area (Å²) in [6, 6.07) is -0.648. The van der Waals surface area contributed by atoms with E-state index in [0.717, 1.165) is 57.8 Å². The van der Waals surface area contributed by atoms with Gasteiger partial charge in [-0.2, -0.15) is 0 Å². The zero-order chi connectivity index (χ0) is 43.7. The van der Waals surface area contributed by atoms with Crippen LogP contribution in [0.4, 0.5) is 0 Å². The van der Waals surface area contributed by atoms with Gasteiger partial charge in [-0.1, -0.05) is 237 Å². The van der Waals surface area contributed by atoms with Gasteiger partial charge >= 0.3 is 5.97 Å². The minimum absolute atomic E-state index is 0.0302. The van der Waals surface area contributed by atoms with Gasteiger partial charge in [-0.05, 0) is 57.8 Å².